The van der Waals surface area contributed by atoms with Crippen molar-refractivity contribution in [1.82, 2.24) is 29.9 Å². The van der Waals surface area contributed by atoms with Crippen LogP contribution in [0.5, 0.6) is 0 Å². The molecular weight excluding hydrogens is 266 g/mol. The zero-order valence-corrected chi connectivity index (χ0v) is 11.9. The molecule has 0 atom stereocenters. The molecule has 108 valence electrons. The van der Waals surface area contributed by atoms with Crippen LogP contribution in [0.4, 0.5) is 5.82 Å². The van der Waals surface area contributed by atoms with Gasteiger partial charge in [-0.3, -0.25) is 9.78 Å². The molecule has 4 heterocycles. The molecule has 0 aromatic carbocycles. The summed E-state index contributed by atoms with van der Waals surface area (Å²) < 4.78 is 1.99. The molecule has 7 nitrogen and oxygen atoms in total. The van der Waals surface area contributed by atoms with Crippen molar-refractivity contribution in [3.8, 4) is 0 Å². The lowest BCUT2D eigenvalue weighted by Crippen LogP contribution is -2.34. The molecule has 1 saturated heterocycles. The van der Waals surface area contributed by atoms with E-state index >= 15 is 0 Å². The lowest BCUT2D eigenvalue weighted by molar-refractivity contribution is 0.476. The maximum atomic E-state index is 4.45. The van der Waals surface area contributed by atoms with Crippen LogP contribution in [0, 0.1) is 0 Å². The number of fused-ring (bicyclic) bond motifs is 1. The second-order valence-electron chi connectivity index (χ2n) is 5.47. The van der Waals surface area contributed by atoms with E-state index in [4.69, 9.17) is 0 Å². The van der Waals surface area contributed by atoms with E-state index < -0.39 is 0 Å². The summed E-state index contributed by atoms with van der Waals surface area (Å²) >= 11 is 0. The van der Waals surface area contributed by atoms with E-state index in [1.807, 2.05) is 17.9 Å². The van der Waals surface area contributed by atoms with Crippen LogP contribution < -0.4 is 4.90 Å². The molecule has 7 heteroatoms. The molecule has 0 saturated carbocycles. The monoisotopic (exact) mass is 283 g/mol. The van der Waals surface area contributed by atoms with Crippen molar-refractivity contribution in [1.29, 1.82) is 0 Å². The van der Waals surface area contributed by atoms with Crippen LogP contribution >= 0.6 is 0 Å². The first-order valence-electron chi connectivity index (χ1n) is 7.20. The van der Waals surface area contributed by atoms with Gasteiger partial charge in [0.1, 0.15) is 12.1 Å². The number of aromatic nitrogens is 6. The molecule has 0 spiro atoms. The van der Waals surface area contributed by atoms with Crippen LogP contribution in [0.1, 0.15) is 24.5 Å². The van der Waals surface area contributed by atoms with Crippen molar-refractivity contribution >= 4 is 16.9 Å². The van der Waals surface area contributed by atoms with E-state index in [0.717, 1.165) is 42.8 Å². The molecule has 3 aromatic heterocycles. The Morgan fingerprint density at radius 1 is 1.24 bits per heavy atom. The molecule has 1 aliphatic heterocycles. The number of H-pyrrole nitrogens is 1. The fourth-order valence-corrected chi connectivity index (χ4v) is 3.18. The summed E-state index contributed by atoms with van der Waals surface area (Å²) in [5, 5.41) is 12.2. The lowest BCUT2D eigenvalue weighted by atomic mass is 9.93. The molecule has 1 fully saturated rings. The molecule has 4 rings (SSSR count). The van der Waals surface area contributed by atoms with E-state index in [1.54, 1.807) is 12.5 Å². The fourth-order valence-electron chi connectivity index (χ4n) is 3.18. The predicted molar refractivity (Wildman–Crippen MR) is 79.1 cm³/mol. The van der Waals surface area contributed by atoms with Gasteiger partial charge < -0.3 is 4.90 Å². The Morgan fingerprint density at radius 2 is 2.10 bits per heavy atom. The summed E-state index contributed by atoms with van der Waals surface area (Å²) in [5.41, 5.74) is 2.12. The van der Waals surface area contributed by atoms with Gasteiger partial charge in [-0.05, 0) is 18.9 Å². The summed E-state index contributed by atoms with van der Waals surface area (Å²) in [6, 6.07) is 2.12. The lowest BCUT2D eigenvalue weighted by Gasteiger charge is -2.32. The van der Waals surface area contributed by atoms with Gasteiger partial charge in [-0.2, -0.15) is 10.2 Å². The molecule has 1 N–H and O–H groups in total. The van der Waals surface area contributed by atoms with Crippen LogP contribution in [-0.4, -0.2) is 43.0 Å². The zero-order chi connectivity index (χ0) is 14.2. The summed E-state index contributed by atoms with van der Waals surface area (Å²) in [4.78, 5) is 11.0. The SMILES string of the molecule is Cn1nccc1C1CCN(c2ncnc3[nH]ncc23)CC1. The smallest absolute Gasteiger partial charge is 0.160 e. The van der Waals surface area contributed by atoms with E-state index in [1.165, 1.54) is 5.69 Å². The van der Waals surface area contributed by atoms with Crippen LogP contribution in [0.2, 0.25) is 0 Å². The fraction of sp³-hybridized carbons (Fsp3) is 0.429. The maximum Gasteiger partial charge on any atom is 0.160 e. The predicted octanol–water partition coefficient (Wildman–Crippen LogP) is 1.47. The van der Waals surface area contributed by atoms with Crippen LogP contribution in [0.15, 0.2) is 24.8 Å². The highest BCUT2D eigenvalue weighted by atomic mass is 15.3. The number of rotatable bonds is 2. The minimum atomic E-state index is 0.579. The number of nitrogens with zero attached hydrogens (tertiary/aromatic N) is 6. The van der Waals surface area contributed by atoms with Crippen molar-refractivity contribution in [2.45, 2.75) is 18.8 Å². The number of hydrogen-bond acceptors (Lipinski definition) is 5. The summed E-state index contributed by atoms with van der Waals surface area (Å²) in [6.45, 7) is 1.99. The number of anilines is 1. The van der Waals surface area contributed by atoms with E-state index in [-0.39, 0.29) is 0 Å². The molecular formula is C14H17N7. The molecule has 21 heavy (non-hydrogen) atoms. The zero-order valence-electron chi connectivity index (χ0n) is 11.9. The first-order chi connectivity index (χ1) is 10.3. The molecule has 0 amide bonds. The average Bonchev–Trinajstić information content (AvgIpc) is 3.15. The second-order valence-corrected chi connectivity index (χ2v) is 5.47. The summed E-state index contributed by atoms with van der Waals surface area (Å²) in [7, 11) is 2.02. The van der Waals surface area contributed by atoms with Gasteiger partial charge in [0.25, 0.3) is 0 Å². The van der Waals surface area contributed by atoms with Crippen LogP contribution in [-0.2, 0) is 7.05 Å². The third-order valence-corrected chi connectivity index (χ3v) is 4.30. The van der Waals surface area contributed by atoms with Crippen molar-refractivity contribution in [3.63, 3.8) is 0 Å². The highest BCUT2D eigenvalue weighted by molar-refractivity contribution is 5.86. The molecule has 0 bridgehead atoms. The van der Waals surface area contributed by atoms with Crippen molar-refractivity contribution in [3.05, 3.63) is 30.5 Å². The summed E-state index contributed by atoms with van der Waals surface area (Å²) in [6.07, 6.45) is 7.51. The Bertz CT molecular complexity index is 751. The average molecular weight is 283 g/mol. The minimum Gasteiger partial charge on any atom is -0.356 e. The Morgan fingerprint density at radius 3 is 2.86 bits per heavy atom. The number of hydrogen-bond donors (Lipinski definition) is 1. The van der Waals surface area contributed by atoms with E-state index in [9.17, 15) is 0 Å². The first kappa shape index (κ1) is 12.3. The Balaban J connectivity index is 1.55. The van der Waals surface area contributed by atoms with Gasteiger partial charge in [-0.25, -0.2) is 9.97 Å². The first-order valence-corrected chi connectivity index (χ1v) is 7.20. The minimum absolute atomic E-state index is 0.579. The van der Waals surface area contributed by atoms with Crippen molar-refractivity contribution in [2.24, 2.45) is 7.05 Å². The van der Waals surface area contributed by atoms with Crippen molar-refractivity contribution in [2.75, 3.05) is 18.0 Å². The van der Waals surface area contributed by atoms with E-state index in [2.05, 4.69) is 36.2 Å². The number of aryl methyl sites for hydroxylation is 1. The van der Waals surface area contributed by atoms with Gasteiger partial charge in [0.2, 0.25) is 0 Å². The second kappa shape index (κ2) is 4.83. The van der Waals surface area contributed by atoms with Crippen LogP contribution in [0.3, 0.4) is 0 Å². The Kier molecular flexibility index (Phi) is 2.83. The van der Waals surface area contributed by atoms with E-state index in [0.29, 0.717) is 5.92 Å². The van der Waals surface area contributed by atoms with Crippen LogP contribution in [0.25, 0.3) is 11.0 Å². The van der Waals surface area contributed by atoms with Gasteiger partial charge in [0, 0.05) is 37.9 Å². The quantitative estimate of drug-likeness (QED) is 0.771. The maximum absolute atomic E-state index is 4.45. The Labute approximate surface area is 122 Å². The van der Waals surface area contributed by atoms with Gasteiger partial charge in [0.15, 0.2) is 5.65 Å². The molecule has 3 aromatic rings. The standard InChI is InChI=1S/C14H17N7/c1-20-12(2-5-18-20)10-3-6-21(7-4-10)14-11-8-17-19-13(11)15-9-16-14/h2,5,8-10H,3-4,6-7H2,1H3,(H,15,16,17,19). The van der Waals surface area contributed by atoms with Gasteiger partial charge in [0.05, 0.1) is 11.6 Å². The van der Waals surface area contributed by atoms with Gasteiger partial charge in [-0.15, -0.1) is 0 Å². The van der Waals surface area contributed by atoms with Gasteiger partial charge in [-0.1, -0.05) is 0 Å². The number of nitrogens with one attached hydrogen (secondary N) is 1. The molecule has 0 aliphatic carbocycles. The molecule has 1 aliphatic rings. The number of aromatic amines is 1. The highest BCUT2D eigenvalue weighted by Gasteiger charge is 2.24. The third-order valence-electron chi connectivity index (χ3n) is 4.30. The van der Waals surface area contributed by atoms with Crippen molar-refractivity contribution < 1.29 is 0 Å². The topological polar surface area (TPSA) is 75.5 Å². The Hall–Kier alpha value is -2.44. The van der Waals surface area contributed by atoms with Gasteiger partial charge >= 0.3 is 0 Å². The largest absolute Gasteiger partial charge is 0.356 e. The number of piperidine rings is 1. The third kappa shape index (κ3) is 2.05. The highest BCUT2D eigenvalue weighted by Crippen LogP contribution is 2.31. The molecule has 0 unspecified atom stereocenters. The molecule has 0 radical (unpaired) electrons. The summed E-state index contributed by atoms with van der Waals surface area (Å²) in [5.74, 6) is 1.56. The normalized spacial score (nSPS) is 16.7.